The van der Waals surface area contributed by atoms with E-state index in [1.807, 2.05) is 60.7 Å². The fourth-order valence-corrected chi connectivity index (χ4v) is 8.18. The van der Waals surface area contributed by atoms with Crippen molar-refractivity contribution < 1.29 is 43.0 Å². The number of carbonyl (C=O) groups is 5. The SMILES string of the molecule is CSC1(C(=O)OCOC(=O)C(C)(C)C)CS[C@@H]2C(NC(=O)C(=NOCC(=O)OC(c3ccccc3)c3ccccc3)c3csc(N)n3)C(=O)N2C1. The molecule has 1 aromatic heterocycles. The van der Waals surface area contributed by atoms with Gasteiger partial charge in [-0.2, -0.15) is 0 Å². The zero-order chi connectivity index (χ0) is 36.8. The zero-order valence-corrected chi connectivity index (χ0v) is 30.7. The Kier molecular flexibility index (Phi) is 11.9. The van der Waals surface area contributed by atoms with Gasteiger partial charge in [0.25, 0.3) is 5.91 Å². The van der Waals surface area contributed by atoms with Gasteiger partial charge in [0, 0.05) is 17.7 Å². The summed E-state index contributed by atoms with van der Waals surface area (Å²) >= 11 is 3.60. The second kappa shape index (κ2) is 16.2. The van der Waals surface area contributed by atoms with Crippen molar-refractivity contribution in [2.24, 2.45) is 10.6 Å². The number of carbonyl (C=O) groups excluding carboxylic acids is 5. The summed E-state index contributed by atoms with van der Waals surface area (Å²) in [6, 6.07) is 17.5. The predicted molar refractivity (Wildman–Crippen MR) is 192 cm³/mol. The molecule has 3 aromatic rings. The molecule has 3 heterocycles. The molecule has 3 atom stereocenters. The normalized spacial score (nSPS) is 20.1. The third kappa shape index (κ3) is 8.83. The second-order valence-corrected chi connectivity index (χ2v) is 15.7. The fraction of sp³-hybridized carbons (Fsp3) is 0.382. The Morgan fingerprint density at radius 1 is 1.08 bits per heavy atom. The maximum Gasteiger partial charge on any atom is 0.347 e. The van der Waals surface area contributed by atoms with Gasteiger partial charge < -0.3 is 35.0 Å². The van der Waals surface area contributed by atoms with Crippen LogP contribution >= 0.6 is 34.9 Å². The van der Waals surface area contributed by atoms with Crippen LogP contribution in [0.3, 0.4) is 0 Å². The number of anilines is 1. The van der Waals surface area contributed by atoms with Gasteiger partial charge in [0.15, 0.2) is 16.9 Å². The Hall–Kier alpha value is -4.61. The van der Waals surface area contributed by atoms with Gasteiger partial charge in [-0.05, 0) is 38.2 Å². The van der Waals surface area contributed by atoms with Gasteiger partial charge in [0.1, 0.15) is 21.9 Å². The lowest BCUT2D eigenvalue weighted by Crippen LogP contribution is -2.75. The monoisotopic (exact) mass is 755 g/mol. The molecule has 0 spiro atoms. The van der Waals surface area contributed by atoms with Gasteiger partial charge >= 0.3 is 17.9 Å². The fourth-order valence-electron chi connectivity index (χ4n) is 5.08. The number of nitrogens with zero attached hydrogens (tertiary/aromatic N) is 3. The number of esters is 3. The van der Waals surface area contributed by atoms with Gasteiger partial charge in [-0.15, -0.1) is 34.9 Å². The number of nitrogen functional groups attached to an aromatic ring is 1. The number of β-lactam (4-membered cyclic amide) rings is 1. The van der Waals surface area contributed by atoms with Crippen molar-refractivity contribution in [2.45, 2.75) is 43.0 Å². The predicted octanol–water partition coefficient (Wildman–Crippen LogP) is 3.37. The largest absolute Gasteiger partial charge is 0.450 e. The van der Waals surface area contributed by atoms with Crippen LogP contribution < -0.4 is 11.1 Å². The summed E-state index contributed by atoms with van der Waals surface area (Å²) in [6.45, 7) is 3.92. The van der Waals surface area contributed by atoms with E-state index < -0.39 is 70.8 Å². The molecule has 2 aromatic carbocycles. The highest BCUT2D eigenvalue weighted by atomic mass is 32.2. The second-order valence-electron chi connectivity index (χ2n) is 12.5. The van der Waals surface area contributed by atoms with Gasteiger partial charge in [0.2, 0.25) is 19.3 Å². The Labute approximate surface area is 306 Å². The van der Waals surface area contributed by atoms with Crippen LogP contribution in [0.2, 0.25) is 0 Å². The Balaban J connectivity index is 1.21. The smallest absolute Gasteiger partial charge is 0.347 e. The number of thiazole rings is 1. The van der Waals surface area contributed by atoms with Crippen LogP contribution in [0, 0.1) is 5.41 Å². The first-order valence-electron chi connectivity index (χ1n) is 15.7. The molecule has 51 heavy (non-hydrogen) atoms. The molecule has 2 amide bonds. The first-order valence-corrected chi connectivity index (χ1v) is 18.8. The molecule has 2 aliphatic heterocycles. The number of rotatable bonds is 13. The molecule has 0 saturated carbocycles. The number of ether oxygens (including phenoxy) is 3. The number of thioether (sulfide) groups is 2. The number of nitrogens with one attached hydrogen (secondary N) is 1. The molecule has 0 aliphatic carbocycles. The number of aromatic nitrogens is 1. The van der Waals surface area contributed by atoms with Crippen molar-refractivity contribution in [1.82, 2.24) is 15.2 Å². The lowest BCUT2D eigenvalue weighted by molar-refractivity contribution is -0.175. The molecule has 270 valence electrons. The van der Waals surface area contributed by atoms with Gasteiger partial charge in [-0.25, -0.2) is 9.78 Å². The number of amides is 2. The van der Waals surface area contributed by atoms with Crippen LogP contribution in [-0.4, -0.2) is 93.4 Å². The summed E-state index contributed by atoms with van der Waals surface area (Å²) in [7, 11) is 0. The summed E-state index contributed by atoms with van der Waals surface area (Å²) in [5.41, 5.74) is 6.36. The van der Waals surface area contributed by atoms with Crippen LogP contribution in [0.5, 0.6) is 0 Å². The molecule has 2 fully saturated rings. The van der Waals surface area contributed by atoms with Crippen molar-refractivity contribution >= 4 is 75.4 Å². The molecule has 0 bridgehead atoms. The van der Waals surface area contributed by atoms with E-state index in [4.69, 9.17) is 24.8 Å². The molecule has 14 nitrogen and oxygen atoms in total. The van der Waals surface area contributed by atoms with E-state index in [1.165, 1.54) is 33.8 Å². The summed E-state index contributed by atoms with van der Waals surface area (Å²) in [5.74, 6) is -2.80. The molecular formula is C34H37N5O9S3. The highest BCUT2D eigenvalue weighted by molar-refractivity contribution is 8.04. The van der Waals surface area contributed by atoms with Crippen molar-refractivity contribution in [3.63, 3.8) is 0 Å². The van der Waals surface area contributed by atoms with E-state index in [9.17, 15) is 24.0 Å². The van der Waals surface area contributed by atoms with Crippen LogP contribution in [0.1, 0.15) is 43.7 Å². The molecule has 3 N–H and O–H groups in total. The van der Waals surface area contributed by atoms with E-state index in [2.05, 4.69) is 15.5 Å². The van der Waals surface area contributed by atoms with Crippen LogP contribution in [0.25, 0.3) is 0 Å². The average molecular weight is 756 g/mol. The molecule has 0 radical (unpaired) electrons. The quantitative estimate of drug-likeness (QED) is 0.0851. The standard InChI is InChI=1S/C34H37N5O9S3/c1-33(2,3)30(43)45-19-46-31(44)34(49-4)17-39-28(42)25(29(39)51-18-34)37-27(41)24(22-16-50-32(35)36-22)38-47-15-23(40)48-26(20-11-7-5-8-12-20)21-13-9-6-10-14-21/h5-14,16,25-26,29H,15,17-19H2,1-4H3,(H2,35,36)(H,37,41)/t25?,29-,34?/m1/s1. The maximum atomic E-state index is 13.5. The first-order chi connectivity index (χ1) is 24.3. The third-order valence-corrected chi connectivity index (χ3v) is 11.5. The van der Waals surface area contributed by atoms with Gasteiger partial charge in [0.05, 0.1) is 5.41 Å². The van der Waals surface area contributed by atoms with E-state index in [1.54, 1.807) is 27.0 Å². The molecular weight excluding hydrogens is 719 g/mol. The number of oxime groups is 1. The number of nitrogens with two attached hydrogens (primary N) is 1. The molecule has 2 aliphatic rings. The minimum Gasteiger partial charge on any atom is -0.450 e. The van der Waals surface area contributed by atoms with E-state index in [-0.39, 0.29) is 28.8 Å². The zero-order valence-electron chi connectivity index (χ0n) is 28.2. The summed E-state index contributed by atoms with van der Waals surface area (Å²) in [6.07, 6.45) is 1.03. The maximum absolute atomic E-state index is 13.5. The van der Waals surface area contributed by atoms with E-state index in [0.717, 1.165) is 22.5 Å². The van der Waals surface area contributed by atoms with Crippen molar-refractivity contribution in [2.75, 3.05) is 37.7 Å². The topological polar surface area (TPSA) is 189 Å². The van der Waals surface area contributed by atoms with Gasteiger partial charge in [-0.1, -0.05) is 65.8 Å². The summed E-state index contributed by atoms with van der Waals surface area (Å²) in [4.78, 5) is 75.8. The minimum absolute atomic E-state index is 0.0326. The lowest BCUT2D eigenvalue weighted by atomic mass is 9.98. The molecule has 2 unspecified atom stereocenters. The first kappa shape index (κ1) is 37.6. The van der Waals surface area contributed by atoms with Crippen LogP contribution in [0.15, 0.2) is 71.2 Å². The van der Waals surface area contributed by atoms with E-state index >= 15 is 0 Å². The molecule has 2 saturated heterocycles. The average Bonchev–Trinajstić information content (AvgIpc) is 3.56. The van der Waals surface area contributed by atoms with E-state index in [0.29, 0.717) is 0 Å². The highest BCUT2D eigenvalue weighted by Gasteiger charge is 2.58. The summed E-state index contributed by atoms with van der Waals surface area (Å²) < 4.78 is 15.0. The van der Waals surface area contributed by atoms with Crippen molar-refractivity contribution in [3.05, 3.63) is 82.9 Å². The lowest BCUT2D eigenvalue weighted by Gasteiger charge is -2.53. The minimum atomic E-state index is -1.10. The Morgan fingerprint density at radius 2 is 1.73 bits per heavy atom. The number of hydrogen-bond acceptors (Lipinski definition) is 15. The van der Waals surface area contributed by atoms with Gasteiger partial charge in [-0.3, -0.25) is 19.2 Å². The van der Waals surface area contributed by atoms with Crippen LogP contribution in [0.4, 0.5) is 5.13 Å². The van der Waals surface area contributed by atoms with Crippen molar-refractivity contribution in [1.29, 1.82) is 0 Å². The highest BCUT2D eigenvalue weighted by Crippen LogP contribution is 2.43. The molecule has 17 heteroatoms. The number of fused-ring (bicyclic) bond motifs is 1. The summed E-state index contributed by atoms with van der Waals surface area (Å²) in [5, 5.41) is 7.80. The number of benzene rings is 2. The van der Waals surface area contributed by atoms with Crippen molar-refractivity contribution in [3.8, 4) is 0 Å². The number of hydrogen-bond donors (Lipinski definition) is 2. The Morgan fingerprint density at radius 3 is 2.29 bits per heavy atom. The Bertz CT molecular complexity index is 1740. The molecule has 5 rings (SSSR count). The van der Waals surface area contributed by atoms with Crippen LogP contribution in [-0.2, 0) is 43.0 Å². The third-order valence-electron chi connectivity index (χ3n) is 7.87.